The van der Waals surface area contributed by atoms with Gasteiger partial charge in [-0.3, -0.25) is 9.59 Å². The number of amides is 2. The standard InChI is InChI=1S/C23H23N3O2/c1-18-10-12-20(13-11-18)17-26-14-6-5-9-21(26)25-23(28)16-24-22(27)15-19-7-3-2-4-8-19/h2-14H,15-17H2,1H3,(H,24,27). The van der Waals surface area contributed by atoms with E-state index in [0.717, 1.165) is 11.1 Å². The number of nitrogens with one attached hydrogen (secondary N) is 1. The van der Waals surface area contributed by atoms with Crippen molar-refractivity contribution in [1.82, 2.24) is 9.88 Å². The first-order valence-electron chi connectivity index (χ1n) is 9.19. The first-order valence-corrected chi connectivity index (χ1v) is 9.19. The molecule has 28 heavy (non-hydrogen) atoms. The van der Waals surface area contributed by atoms with Gasteiger partial charge in [0.15, 0.2) is 0 Å². The van der Waals surface area contributed by atoms with Crippen LogP contribution in [0.4, 0.5) is 0 Å². The maximum atomic E-state index is 12.2. The summed E-state index contributed by atoms with van der Waals surface area (Å²) in [7, 11) is 0. The van der Waals surface area contributed by atoms with Crippen molar-refractivity contribution in [3.05, 3.63) is 101 Å². The molecule has 0 aliphatic rings. The minimum Gasteiger partial charge on any atom is -0.347 e. The molecule has 3 aromatic rings. The van der Waals surface area contributed by atoms with Crippen molar-refractivity contribution in [2.75, 3.05) is 6.54 Å². The lowest BCUT2D eigenvalue weighted by molar-refractivity contribution is -0.124. The third-order valence-corrected chi connectivity index (χ3v) is 4.27. The highest BCUT2D eigenvalue weighted by atomic mass is 16.2. The number of hydrogen-bond donors (Lipinski definition) is 1. The Bertz CT molecular complexity index is 1010. The van der Waals surface area contributed by atoms with Crippen molar-refractivity contribution in [2.24, 2.45) is 4.99 Å². The molecule has 0 aliphatic heterocycles. The van der Waals surface area contributed by atoms with E-state index >= 15 is 0 Å². The van der Waals surface area contributed by atoms with Crippen molar-refractivity contribution >= 4 is 11.8 Å². The molecule has 0 saturated heterocycles. The van der Waals surface area contributed by atoms with Crippen molar-refractivity contribution in [2.45, 2.75) is 19.9 Å². The van der Waals surface area contributed by atoms with Gasteiger partial charge in [-0.25, -0.2) is 0 Å². The van der Waals surface area contributed by atoms with E-state index < -0.39 is 0 Å². The molecule has 0 aliphatic carbocycles. The highest BCUT2D eigenvalue weighted by Gasteiger charge is 2.06. The Hall–Kier alpha value is -3.47. The van der Waals surface area contributed by atoms with E-state index in [1.165, 1.54) is 5.56 Å². The van der Waals surface area contributed by atoms with E-state index in [4.69, 9.17) is 0 Å². The highest BCUT2D eigenvalue weighted by molar-refractivity contribution is 5.86. The van der Waals surface area contributed by atoms with Gasteiger partial charge in [-0.05, 0) is 30.2 Å². The molecule has 1 N–H and O–H groups in total. The summed E-state index contributed by atoms with van der Waals surface area (Å²) in [6.45, 7) is 2.55. The number of benzene rings is 2. The summed E-state index contributed by atoms with van der Waals surface area (Å²) in [6, 6.07) is 23.2. The summed E-state index contributed by atoms with van der Waals surface area (Å²) in [6.07, 6.45) is 2.13. The Morgan fingerprint density at radius 1 is 0.893 bits per heavy atom. The molecule has 5 nitrogen and oxygen atoms in total. The summed E-state index contributed by atoms with van der Waals surface area (Å²) in [5, 5.41) is 2.64. The van der Waals surface area contributed by atoms with Crippen LogP contribution in [0, 0.1) is 6.92 Å². The van der Waals surface area contributed by atoms with Crippen LogP contribution >= 0.6 is 0 Å². The number of carbonyl (C=O) groups excluding carboxylic acids is 2. The first kappa shape index (κ1) is 19.3. The number of carbonyl (C=O) groups is 2. The molecule has 142 valence electrons. The summed E-state index contributed by atoms with van der Waals surface area (Å²) in [5.41, 5.74) is 3.80. The molecule has 1 aromatic heterocycles. The van der Waals surface area contributed by atoms with Crippen LogP contribution in [0.15, 0.2) is 84.0 Å². The molecule has 0 fully saturated rings. The van der Waals surface area contributed by atoms with Crippen LogP contribution in [0.1, 0.15) is 16.7 Å². The van der Waals surface area contributed by atoms with Gasteiger partial charge in [-0.2, -0.15) is 4.99 Å². The predicted octanol–water partition coefficient (Wildman–Crippen LogP) is 2.63. The third kappa shape index (κ3) is 5.77. The SMILES string of the molecule is Cc1ccc(Cn2ccccc2=NC(=O)CNC(=O)Cc2ccccc2)cc1. The second-order valence-electron chi connectivity index (χ2n) is 6.62. The van der Waals surface area contributed by atoms with E-state index in [1.54, 1.807) is 6.07 Å². The maximum Gasteiger partial charge on any atom is 0.267 e. The molecule has 1 heterocycles. The monoisotopic (exact) mass is 373 g/mol. The van der Waals surface area contributed by atoms with E-state index in [2.05, 4.69) is 34.6 Å². The lowest BCUT2D eigenvalue weighted by Gasteiger charge is -2.08. The summed E-state index contributed by atoms with van der Waals surface area (Å²) in [4.78, 5) is 28.4. The minimum atomic E-state index is -0.384. The molecule has 0 unspecified atom stereocenters. The molecule has 0 saturated carbocycles. The van der Waals surface area contributed by atoms with Crippen LogP contribution in [-0.4, -0.2) is 22.9 Å². The number of aromatic nitrogens is 1. The summed E-state index contributed by atoms with van der Waals surface area (Å²) in [5.74, 6) is -0.583. The Kier molecular flexibility index (Phi) is 6.52. The molecular formula is C23H23N3O2. The van der Waals surface area contributed by atoms with Crippen LogP contribution in [0.5, 0.6) is 0 Å². The van der Waals surface area contributed by atoms with Crippen molar-refractivity contribution < 1.29 is 9.59 Å². The van der Waals surface area contributed by atoms with Gasteiger partial charge in [0.05, 0.1) is 13.0 Å². The van der Waals surface area contributed by atoms with Crippen LogP contribution in [0.3, 0.4) is 0 Å². The topological polar surface area (TPSA) is 63.5 Å². The molecule has 2 aromatic carbocycles. The summed E-state index contributed by atoms with van der Waals surface area (Å²) < 4.78 is 1.91. The molecule has 5 heteroatoms. The molecule has 0 bridgehead atoms. The van der Waals surface area contributed by atoms with Gasteiger partial charge >= 0.3 is 0 Å². The second kappa shape index (κ2) is 9.46. The van der Waals surface area contributed by atoms with Gasteiger partial charge in [0, 0.05) is 12.7 Å². The van der Waals surface area contributed by atoms with Gasteiger partial charge < -0.3 is 9.88 Å². The first-order chi connectivity index (χ1) is 13.6. The van der Waals surface area contributed by atoms with Crippen molar-refractivity contribution in [3.63, 3.8) is 0 Å². The van der Waals surface area contributed by atoms with Gasteiger partial charge in [0.2, 0.25) is 5.91 Å². The molecule has 2 amide bonds. The number of aryl methyl sites for hydroxylation is 1. The maximum absolute atomic E-state index is 12.2. The molecule has 3 rings (SSSR count). The van der Waals surface area contributed by atoms with E-state index in [9.17, 15) is 9.59 Å². The van der Waals surface area contributed by atoms with Crippen LogP contribution in [-0.2, 0) is 22.6 Å². The fourth-order valence-electron chi connectivity index (χ4n) is 2.78. The van der Waals surface area contributed by atoms with Crippen LogP contribution in [0.2, 0.25) is 0 Å². The lowest BCUT2D eigenvalue weighted by atomic mass is 10.1. The van der Waals surface area contributed by atoms with Crippen LogP contribution in [0.25, 0.3) is 0 Å². The van der Waals surface area contributed by atoms with Gasteiger partial charge in [-0.15, -0.1) is 0 Å². The zero-order valence-electron chi connectivity index (χ0n) is 15.8. The summed E-state index contributed by atoms with van der Waals surface area (Å²) >= 11 is 0. The Labute approximate surface area is 164 Å². The lowest BCUT2D eigenvalue weighted by Crippen LogP contribution is -2.31. The zero-order valence-corrected chi connectivity index (χ0v) is 15.8. The van der Waals surface area contributed by atoms with E-state index in [0.29, 0.717) is 12.0 Å². The zero-order chi connectivity index (χ0) is 19.8. The smallest absolute Gasteiger partial charge is 0.267 e. The third-order valence-electron chi connectivity index (χ3n) is 4.27. The predicted molar refractivity (Wildman–Crippen MR) is 108 cm³/mol. The fraction of sp³-hybridized carbons (Fsp3) is 0.174. The molecular weight excluding hydrogens is 350 g/mol. The number of rotatable bonds is 6. The average molecular weight is 373 g/mol. The van der Waals surface area contributed by atoms with Crippen molar-refractivity contribution in [3.8, 4) is 0 Å². The van der Waals surface area contributed by atoms with E-state index in [-0.39, 0.29) is 24.8 Å². The Morgan fingerprint density at radius 3 is 2.36 bits per heavy atom. The number of hydrogen-bond acceptors (Lipinski definition) is 2. The number of nitrogens with zero attached hydrogens (tertiary/aromatic N) is 2. The normalized spacial score (nSPS) is 11.2. The highest BCUT2D eigenvalue weighted by Crippen LogP contribution is 2.04. The van der Waals surface area contributed by atoms with E-state index in [1.807, 2.05) is 60.2 Å². The molecule has 0 radical (unpaired) electrons. The van der Waals surface area contributed by atoms with Gasteiger partial charge in [-0.1, -0.05) is 66.2 Å². The Morgan fingerprint density at radius 2 is 1.61 bits per heavy atom. The minimum absolute atomic E-state index is 0.120. The number of pyridine rings is 1. The second-order valence-corrected chi connectivity index (χ2v) is 6.62. The molecule has 0 atom stereocenters. The average Bonchev–Trinajstić information content (AvgIpc) is 2.70. The quantitative estimate of drug-likeness (QED) is 0.722. The fourth-order valence-corrected chi connectivity index (χ4v) is 2.78. The van der Waals surface area contributed by atoms with Crippen LogP contribution < -0.4 is 10.8 Å². The Balaban J connectivity index is 1.63. The van der Waals surface area contributed by atoms with Crippen molar-refractivity contribution in [1.29, 1.82) is 0 Å². The van der Waals surface area contributed by atoms with Gasteiger partial charge in [0.25, 0.3) is 5.91 Å². The largest absolute Gasteiger partial charge is 0.347 e. The van der Waals surface area contributed by atoms with Gasteiger partial charge in [0.1, 0.15) is 5.49 Å². The molecule has 0 spiro atoms.